The molecule has 0 heterocycles. The van der Waals surface area contributed by atoms with Crippen molar-refractivity contribution in [2.45, 2.75) is 25.8 Å². The Labute approximate surface area is 121 Å². The predicted molar refractivity (Wildman–Crippen MR) is 77.7 cm³/mol. The van der Waals surface area contributed by atoms with Crippen LogP contribution in [0.1, 0.15) is 31.4 Å². The van der Waals surface area contributed by atoms with Gasteiger partial charge in [0.1, 0.15) is 15.7 Å². The fraction of sp³-hybridized carbons (Fsp3) is 0.500. The molecule has 1 rings (SSSR count). The zero-order valence-electron chi connectivity index (χ0n) is 10.7. The van der Waals surface area contributed by atoms with Crippen molar-refractivity contribution in [1.82, 2.24) is 5.43 Å². The number of hydrazine groups is 1. The second-order valence-corrected chi connectivity index (χ2v) is 7.59. The number of rotatable bonds is 7. The first-order valence-electron chi connectivity index (χ1n) is 6.01. The molecular formula is C12H18BrFN2O2S. The van der Waals surface area contributed by atoms with E-state index in [1.165, 1.54) is 12.1 Å². The maximum Gasteiger partial charge on any atom is 0.150 e. The highest BCUT2D eigenvalue weighted by Crippen LogP contribution is 2.27. The van der Waals surface area contributed by atoms with Crippen LogP contribution >= 0.6 is 15.9 Å². The molecule has 0 aliphatic carbocycles. The van der Waals surface area contributed by atoms with Crippen molar-refractivity contribution in [1.29, 1.82) is 0 Å². The van der Waals surface area contributed by atoms with E-state index in [9.17, 15) is 12.8 Å². The maximum absolute atomic E-state index is 13.2. The Morgan fingerprint density at radius 2 is 2.16 bits per heavy atom. The van der Waals surface area contributed by atoms with E-state index < -0.39 is 9.84 Å². The Morgan fingerprint density at radius 3 is 2.74 bits per heavy atom. The summed E-state index contributed by atoms with van der Waals surface area (Å²) in [7, 11) is -2.98. The molecule has 0 saturated heterocycles. The van der Waals surface area contributed by atoms with E-state index in [2.05, 4.69) is 21.4 Å². The maximum atomic E-state index is 13.2. The first-order chi connectivity index (χ1) is 8.89. The molecular weight excluding hydrogens is 335 g/mol. The third-order valence-corrected chi connectivity index (χ3v) is 5.44. The van der Waals surface area contributed by atoms with Crippen molar-refractivity contribution in [3.63, 3.8) is 0 Å². The third-order valence-electron chi connectivity index (χ3n) is 2.92. The van der Waals surface area contributed by atoms with Gasteiger partial charge >= 0.3 is 0 Å². The van der Waals surface area contributed by atoms with Gasteiger partial charge in [0.2, 0.25) is 0 Å². The summed E-state index contributed by atoms with van der Waals surface area (Å²) in [6, 6.07) is 4.07. The van der Waals surface area contributed by atoms with Crippen molar-refractivity contribution in [3.8, 4) is 0 Å². The normalized spacial score (nSPS) is 13.5. The molecule has 7 heteroatoms. The molecule has 0 aliphatic heterocycles. The van der Waals surface area contributed by atoms with Crippen molar-refractivity contribution in [3.05, 3.63) is 34.1 Å². The van der Waals surface area contributed by atoms with Gasteiger partial charge < -0.3 is 0 Å². The average Bonchev–Trinajstić information content (AvgIpc) is 2.38. The molecule has 0 aromatic heterocycles. The molecule has 1 aromatic rings. The summed E-state index contributed by atoms with van der Waals surface area (Å²) < 4.78 is 36.8. The lowest BCUT2D eigenvalue weighted by atomic mass is 10.0. The van der Waals surface area contributed by atoms with Gasteiger partial charge in [0, 0.05) is 16.3 Å². The number of nitrogens with two attached hydrogens (primary N) is 1. The SMILES string of the molecule is CCS(=O)(=O)CCCC(NN)c1cc(F)ccc1Br. The summed E-state index contributed by atoms with van der Waals surface area (Å²) in [5, 5.41) is 0. The Balaban J connectivity index is 2.71. The van der Waals surface area contributed by atoms with E-state index in [-0.39, 0.29) is 23.4 Å². The van der Waals surface area contributed by atoms with Crippen molar-refractivity contribution in [2.24, 2.45) is 5.84 Å². The first-order valence-corrected chi connectivity index (χ1v) is 8.62. The van der Waals surface area contributed by atoms with Crippen LogP contribution in [0.25, 0.3) is 0 Å². The van der Waals surface area contributed by atoms with E-state index in [1.54, 1.807) is 13.0 Å². The van der Waals surface area contributed by atoms with Crippen LogP contribution in [0.3, 0.4) is 0 Å². The summed E-state index contributed by atoms with van der Waals surface area (Å²) in [6.07, 6.45) is 1.01. The fourth-order valence-corrected chi connectivity index (χ4v) is 3.18. The van der Waals surface area contributed by atoms with Crippen LogP contribution in [-0.2, 0) is 9.84 Å². The zero-order chi connectivity index (χ0) is 14.5. The number of nitrogens with one attached hydrogen (secondary N) is 1. The molecule has 0 fully saturated rings. The van der Waals surface area contributed by atoms with Crippen molar-refractivity contribution in [2.75, 3.05) is 11.5 Å². The number of halogens is 2. The van der Waals surface area contributed by atoms with Crippen LogP contribution in [0.4, 0.5) is 4.39 Å². The van der Waals surface area contributed by atoms with Crippen LogP contribution in [0.15, 0.2) is 22.7 Å². The van der Waals surface area contributed by atoms with Gasteiger partial charge in [-0.25, -0.2) is 12.8 Å². The van der Waals surface area contributed by atoms with Crippen LogP contribution in [0.2, 0.25) is 0 Å². The van der Waals surface area contributed by atoms with Gasteiger partial charge in [0.15, 0.2) is 0 Å². The molecule has 1 unspecified atom stereocenters. The molecule has 0 amide bonds. The number of hydrogen-bond acceptors (Lipinski definition) is 4. The fourth-order valence-electron chi connectivity index (χ4n) is 1.76. The summed E-state index contributed by atoms with van der Waals surface area (Å²) in [6.45, 7) is 1.62. The number of sulfone groups is 1. The lowest BCUT2D eigenvalue weighted by molar-refractivity contribution is 0.501. The minimum absolute atomic E-state index is 0.120. The quantitative estimate of drug-likeness (QED) is 0.583. The molecule has 1 atom stereocenters. The topological polar surface area (TPSA) is 72.2 Å². The lowest BCUT2D eigenvalue weighted by Crippen LogP contribution is -2.29. The molecule has 4 nitrogen and oxygen atoms in total. The van der Waals surface area contributed by atoms with Crippen LogP contribution in [0, 0.1) is 5.82 Å². The van der Waals surface area contributed by atoms with Gasteiger partial charge in [-0.05, 0) is 36.6 Å². The van der Waals surface area contributed by atoms with E-state index in [0.29, 0.717) is 18.4 Å². The Hall–Kier alpha value is -0.500. The molecule has 1 aromatic carbocycles. The lowest BCUT2D eigenvalue weighted by Gasteiger charge is -2.17. The monoisotopic (exact) mass is 352 g/mol. The van der Waals surface area contributed by atoms with Crippen LogP contribution in [0.5, 0.6) is 0 Å². The van der Waals surface area contributed by atoms with Crippen LogP contribution in [-0.4, -0.2) is 19.9 Å². The smallest absolute Gasteiger partial charge is 0.150 e. The highest BCUT2D eigenvalue weighted by molar-refractivity contribution is 9.10. The summed E-state index contributed by atoms with van der Waals surface area (Å²) in [5.41, 5.74) is 3.29. The standard InChI is InChI=1S/C12H18BrFN2O2S/c1-2-19(17,18)7-3-4-12(16-15)10-8-9(14)5-6-11(10)13/h5-6,8,12,16H,2-4,7,15H2,1H3. The highest BCUT2D eigenvalue weighted by atomic mass is 79.9. The first kappa shape index (κ1) is 16.6. The minimum Gasteiger partial charge on any atom is -0.271 e. The Bertz CT molecular complexity index is 522. The van der Waals surface area contributed by atoms with Gasteiger partial charge in [0.25, 0.3) is 0 Å². The van der Waals surface area contributed by atoms with E-state index in [4.69, 9.17) is 5.84 Å². The molecule has 108 valence electrons. The Kier molecular flexibility index (Phi) is 6.38. The molecule has 0 aliphatic rings. The number of hydrogen-bond donors (Lipinski definition) is 2. The largest absolute Gasteiger partial charge is 0.271 e. The molecule has 0 spiro atoms. The van der Waals surface area contributed by atoms with Crippen molar-refractivity contribution >= 4 is 25.8 Å². The summed E-state index contributed by atoms with van der Waals surface area (Å²) in [4.78, 5) is 0. The van der Waals surface area contributed by atoms with Crippen molar-refractivity contribution < 1.29 is 12.8 Å². The molecule has 0 radical (unpaired) electrons. The minimum atomic E-state index is -2.98. The van der Waals surface area contributed by atoms with Gasteiger partial charge in [0.05, 0.1) is 5.75 Å². The van der Waals surface area contributed by atoms with Gasteiger partial charge in [-0.2, -0.15) is 0 Å². The van der Waals surface area contributed by atoms with E-state index in [0.717, 1.165) is 4.47 Å². The van der Waals surface area contributed by atoms with Gasteiger partial charge in [-0.3, -0.25) is 11.3 Å². The third kappa shape index (κ3) is 5.18. The second-order valence-electron chi connectivity index (χ2n) is 4.26. The number of benzene rings is 1. The average molecular weight is 353 g/mol. The van der Waals surface area contributed by atoms with E-state index in [1.807, 2.05) is 0 Å². The predicted octanol–water partition coefficient (Wildman–Crippen LogP) is 2.31. The molecule has 3 N–H and O–H groups in total. The van der Waals surface area contributed by atoms with Gasteiger partial charge in [-0.1, -0.05) is 22.9 Å². The van der Waals surface area contributed by atoms with Crippen LogP contribution < -0.4 is 11.3 Å². The Morgan fingerprint density at radius 1 is 1.47 bits per heavy atom. The summed E-state index contributed by atoms with van der Waals surface area (Å²) >= 11 is 3.34. The van der Waals surface area contributed by atoms with E-state index >= 15 is 0 Å². The summed E-state index contributed by atoms with van der Waals surface area (Å²) in [5.74, 6) is 5.37. The molecule has 0 bridgehead atoms. The second kappa shape index (κ2) is 7.33. The highest BCUT2D eigenvalue weighted by Gasteiger charge is 2.15. The van der Waals surface area contributed by atoms with Gasteiger partial charge in [-0.15, -0.1) is 0 Å². The molecule has 19 heavy (non-hydrogen) atoms. The zero-order valence-corrected chi connectivity index (χ0v) is 13.1. The molecule has 0 saturated carbocycles.